The molecule has 0 bridgehead atoms. The fourth-order valence-electron chi connectivity index (χ4n) is 3.96. The Hall–Kier alpha value is -1.15. The number of nitrogens with zero attached hydrogens (tertiary/aromatic N) is 2. The molecule has 152 valence electrons. The minimum Gasteiger partial charge on any atom is -0.340 e. The quantitative estimate of drug-likeness (QED) is 0.799. The van der Waals surface area contributed by atoms with Crippen LogP contribution in [0.15, 0.2) is 29.2 Å². The van der Waals surface area contributed by atoms with Gasteiger partial charge in [0.15, 0.2) is 0 Å². The summed E-state index contributed by atoms with van der Waals surface area (Å²) in [5.41, 5.74) is 6.67. The van der Waals surface area contributed by atoms with E-state index in [1.54, 1.807) is 17.0 Å². The summed E-state index contributed by atoms with van der Waals surface area (Å²) >= 11 is 0. The maximum Gasteiger partial charge on any atom is 0.243 e. The number of hydrogen-bond acceptors (Lipinski definition) is 4. The van der Waals surface area contributed by atoms with E-state index in [9.17, 15) is 13.2 Å². The highest BCUT2D eigenvalue weighted by Gasteiger charge is 2.30. The summed E-state index contributed by atoms with van der Waals surface area (Å²) in [6, 6.07) is 7.43. The molecule has 0 radical (unpaired) electrons. The summed E-state index contributed by atoms with van der Waals surface area (Å²) in [5.74, 6) is 0.569. The molecule has 1 aromatic rings. The standard InChI is InChI=1S/C19H29N3O3S.ClH/c20-11-10-19(23)21-12-14-22(15-13-21)26(24,25)18-8-6-17(7-9-18)16-4-2-1-3-5-16;/h6-9,16H,1-5,10-15,20H2;1H. The highest BCUT2D eigenvalue weighted by atomic mass is 35.5. The van der Waals surface area contributed by atoms with E-state index in [-0.39, 0.29) is 18.3 Å². The van der Waals surface area contributed by atoms with Crippen LogP contribution in [0, 0.1) is 0 Å². The van der Waals surface area contributed by atoms with Crippen LogP contribution in [0.25, 0.3) is 0 Å². The predicted molar refractivity (Wildman–Crippen MR) is 109 cm³/mol. The van der Waals surface area contributed by atoms with Gasteiger partial charge in [-0.1, -0.05) is 31.4 Å². The average Bonchev–Trinajstić information content (AvgIpc) is 2.69. The van der Waals surface area contributed by atoms with Gasteiger partial charge in [0.1, 0.15) is 0 Å². The molecule has 3 rings (SSSR count). The number of halogens is 1. The van der Waals surface area contributed by atoms with Gasteiger partial charge in [-0.3, -0.25) is 4.79 Å². The topological polar surface area (TPSA) is 83.7 Å². The van der Waals surface area contributed by atoms with Gasteiger partial charge in [0.05, 0.1) is 4.90 Å². The largest absolute Gasteiger partial charge is 0.340 e. The molecule has 0 unspecified atom stereocenters. The van der Waals surface area contributed by atoms with E-state index in [1.165, 1.54) is 42.0 Å². The molecule has 2 aliphatic rings. The van der Waals surface area contributed by atoms with Crippen molar-refractivity contribution in [1.29, 1.82) is 0 Å². The molecule has 0 atom stereocenters. The smallest absolute Gasteiger partial charge is 0.243 e. The number of carbonyl (C=O) groups excluding carboxylic acids is 1. The van der Waals surface area contributed by atoms with Crippen LogP contribution in [-0.4, -0.2) is 56.3 Å². The second-order valence-electron chi connectivity index (χ2n) is 7.23. The van der Waals surface area contributed by atoms with Gasteiger partial charge in [-0.05, 0) is 36.5 Å². The number of amides is 1. The monoisotopic (exact) mass is 415 g/mol. The highest BCUT2D eigenvalue weighted by Crippen LogP contribution is 2.33. The van der Waals surface area contributed by atoms with Gasteiger partial charge < -0.3 is 10.6 Å². The van der Waals surface area contributed by atoms with E-state index in [2.05, 4.69) is 0 Å². The summed E-state index contributed by atoms with van der Waals surface area (Å²) in [6.45, 7) is 1.85. The first kappa shape index (κ1) is 22.1. The summed E-state index contributed by atoms with van der Waals surface area (Å²) in [7, 11) is -3.50. The number of rotatable bonds is 5. The molecule has 1 aliphatic heterocycles. The molecule has 1 aliphatic carbocycles. The van der Waals surface area contributed by atoms with Crippen molar-refractivity contribution >= 4 is 28.3 Å². The molecular weight excluding hydrogens is 386 g/mol. The van der Waals surface area contributed by atoms with Gasteiger partial charge in [0, 0.05) is 39.1 Å². The fourth-order valence-corrected chi connectivity index (χ4v) is 5.38. The summed E-state index contributed by atoms with van der Waals surface area (Å²) < 4.78 is 27.2. The number of carbonyl (C=O) groups is 1. The van der Waals surface area contributed by atoms with E-state index in [4.69, 9.17) is 5.73 Å². The third-order valence-corrected chi connectivity index (χ3v) is 7.46. The van der Waals surface area contributed by atoms with Crippen LogP contribution in [0.1, 0.15) is 50.0 Å². The molecular formula is C19H30ClN3O3S. The van der Waals surface area contributed by atoms with Crippen LogP contribution in [-0.2, 0) is 14.8 Å². The van der Waals surface area contributed by atoms with Crippen molar-refractivity contribution in [3.8, 4) is 0 Å². The number of sulfonamides is 1. The van der Waals surface area contributed by atoms with E-state index in [0.29, 0.717) is 50.0 Å². The molecule has 1 aromatic carbocycles. The zero-order valence-corrected chi connectivity index (χ0v) is 17.3. The van der Waals surface area contributed by atoms with Crippen LogP contribution >= 0.6 is 12.4 Å². The SMILES string of the molecule is Cl.NCCC(=O)N1CCN(S(=O)(=O)c2ccc(C3CCCCC3)cc2)CC1. The van der Waals surface area contributed by atoms with Crippen LogP contribution in [0.4, 0.5) is 0 Å². The molecule has 0 aromatic heterocycles. The Kier molecular flexibility index (Phi) is 8.09. The Morgan fingerprint density at radius 1 is 1.00 bits per heavy atom. The van der Waals surface area contributed by atoms with Crippen LogP contribution < -0.4 is 5.73 Å². The number of nitrogens with two attached hydrogens (primary N) is 1. The first-order valence-electron chi connectivity index (χ1n) is 9.60. The van der Waals surface area contributed by atoms with Gasteiger partial charge in [-0.2, -0.15) is 4.31 Å². The Labute approximate surface area is 168 Å². The Morgan fingerprint density at radius 3 is 2.15 bits per heavy atom. The van der Waals surface area contributed by atoms with Gasteiger partial charge in [-0.25, -0.2) is 8.42 Å². The highest BCUT2D eigenvalue weighted by molar-refractivity contribution is 7.89. The third-order valence-electron chi connectivity index (χ3n) is 5.54. The van der Waals surface area contributed by atoms with Gasteiger partial charge in [-0.15, -0.1) is 12.4 Å². The van der Waals surface area contributed by atoms with Crippen molar-refractivity contribution in [2.75, 3.05) is 32.7 Å². The minimum atomic E-state index is -3.50. The van der Waals surface area contributed by atoms with Crippen molar-refractivity contribution in [2.45, 2.75) is 49.3 Å². The van der Waals surface area contributed by atoms with Crippen molar-refractivity contribution in [3.63, 3.8) is 0 Å². The molecule has 6 nitrogen and oxygen atoms in total. The number of hydrogen-bond donors (Lipinski definition) is 1. The molecule has 27 heavy (non-hydrogen) atoms. The van der Waals surface area contributed by atoms with E-state index in [0.717, 1.165) is 0 Å². The van der Waals surface area contributed by atoms with E-state index < -0.39 is 10.0 Å². The van der Waals surface area contributed by atoms with E-state index in [1.807, 2.05) is 12.1 Å². The predicted octanol–water partition coefficient (Wildman–Crippen LogP) is 2.34. The molecule has 2 N–H and O–H groups in total. The van der Waals surface area contributed by atoms with Crippen LogP contribution in [0.2, 0.25) is 0 Å². The first-order valence-corrected chi connectivity index (χ1v) is 11.0. The zero-order chi connectivity index (χ0) is 18.6. The lowest BCUT2D eigenvalue weighted by molar-refractivity contribution is -0.132. The number of benzene rings is 1. The average molecular weight is 416 g/mol. The third kappa shape index (κ3) is 5.22. The molecule has 0 spiro atoms. The summed E-state index contributed by atoms with van der Waals surface area (Å²) in [4.78, 5) is 13.9. The summed E-state index contributed by atoms with van der Waals surface area (Å²) in [6.07, 6.45) is 6.55. The molecule has 1 amide bonds. The minimum absolute atomic E-state index is 0. The van der Waals surface area contributed by atoms with Gasteiger partial charge >= 0.3 is 0 Å². The molecule has 2 fully saturated rings. The van der Waals surface area contributed by atoms with E-state index >= 15 is 0 Å². The second kappa shape index (κ2) is 9.87. The maximum absolute atomic E-state index is 12.9. The van der Waals surface area contributed by atoms with Crippen molar-refractivity contribution in [2.24, 2.45) is 5.73 Å². The Morgan fingerprint density at radius 2 is 1.59 bits per heavy atom. The maximum atomic E-state index is 12.9. The summed E-state index contributed by atoms with van der Waals surface area (Å²) in [5, 5.41) is 0. The van der Waals surface area contributed by atoms with Gasteiger partial charge in [0.2, 0.25) is 15.9 Å². The second-order valence-corrected chi connectivity index (χ2v) is 9.17. The Bertz CT molecular complexity index is 710. The van der Waals surface area contributed by atoms with Crippen LogP contribution in [0.5, 0.6) is 0 Å². The molecule has 1 heterocycles. The molecule has 1 saturated heterocycles. The lowest BCUT2D eigenvalue weighted by Crippen LogP contribution is -2.50. The van der Waals surface area contributed by atoms with Crippen LogP contribution in [0.3, 0.4) is 0 Å². The normalized spacial score (nSPS) is 19.5. The first-order chi connectivity index (χ1) is 12.5. The van der Waals surface area contributed by atoms with Crippen molar-refractivity contribution in [1.82, 2.24) is 9.21 Å². The van der Waals surface area contributed by atoms with Crippen molar-refractivity contribution in [3.05, 3.63) is 29.8 Å². The lowest BCUT2D eigenvalue weighted by Gasteiger charge is -2.34. The molecule has 1 saturated carbocycles. The van der Waals surface area contributed by atoms with Gasteiger partial charge in [0.25, 0.3) is 0 Å². The lowest BCUT2D eigenvalue weighted by atomic mass is 9.84. The number of piperazine rings is 1. The van der Waals surface area contributed by atoms with Crippen molar-refractivity contribution < 1.29 is 13.2 Å². The molecule has 8 heteroatoms. The fraction of sp³-hybridized carbons (Fsp3) is 0.632. The Balaban J connectivity index is 0.00000261. The zero-order valence-electron chi connectivity index (χ0n) is 15.7.